The van der Waals surface area contributed by atoms with Gasteiger partial charge in [-0.2, -0.15) is 0 Å². The number of rotatable bonds is 9. The van der Waals surface area contributed by atoms with E-state index in [9.17, 15) is 5.11 Å². The Balaban J connectivity index is 1.38. The molecule has 1 heterocycles. The van der Waals surface area contributed by atoms with Gasteiger partial charge in [-0.15, -0.1) is 0 Å². The molecule has 4 rings (SSSR count). The summed E-state index contributed by atoms with van der Waals surface area (Å²) in [6, 6.07) is 24.0. The Morgan fingerprint density at radius 3 is 2.65 bits per heavy atom. The van der Waals surface area contributed by atoms with E-state index in [0.29, 0.717) is 13.2 Å². The summed E-state index contributed by atoms with van der Waals surface area (Å²) in [5, 5.41) is 13.6. The predicted octanol–water partition coefficient (Wildman–Crippen LogP) is 4.14. The Kier molecular flexibility index (Phi) is 7.07. The van der Waals surface area contributed by atoms with Crippen LogP contribution in [-0.4, -0.2) is 38.0 Å². The van der Waals surface area contributed by atoms with Crippen LogP contribution < -0.4 is 19.5 Å². The molecule has 0 radical (unpaired) electrons. The molecule has 2 N–H and O–H groups in total. The van der Waals surface area contributed by atoms with Crippen molar-refractivity contribution in [3.63, 3.8) is 0 Å². The normalized spacial score (nSPS) is 15.7. The fourth-order valence-corrected chi connectivity index (χ4v) is 3.98. The van der Waals surface area contributed by atoms with Gasteiger partial charge < -0.3 is 24.6 Å². The Bertz CT molecular complexity index is 976. The molecule has 162 valence electrons. The maximum atomic E-state index is 10.3. The van der Waals surface area contributed by atoms with Gasteiger partial charge in [0.1, 0.15) is 36.6 Å². The monoisotopic (exact) mass is 419 g/mol. The van der Waals surface area contributed by atoms with Gasteiger partial charge in [-0.1, -0.05) is 42.5 Å². The summed E-state index contributed by atoms with van der Waals surface area (Å²) < 4.78 is 17.2. The molecule has 3 aromatic carbocycles. The Morgan fingerprint density at radius 2 is 1.81 bits per heavy atom. The van der Waals surface area contributed by atoms with Crippen LogP contribution in [0.2, 0.25) is 0 Å². The standard InChI is InChI=1S/C26H29NO4/c1-29-22-11-12-26-25(15-22)24(23-10-6-5-7-19(23)17-31-26)13-14-27-16-20(28)18-30-21-8-3-2-4-9-21/h2-12,15,20,24,27-28H,13-14,16-18H2,1H3. The lowest BCUT2D eigenvalue weighted by atomic mass is 9.86. The van der Waals surface area contributed by atoms with E-state index in [4.69, 9.17) is 14.2 Å². The third-order valence-corrected chi connectivity index (χ3v) is 5.58. The van der Waals surface area contributed by atoms with Gasteiger partial charge in [-0.05, 0) is 54.4 Å². The van der Waals surface area contributed by atoms with Crippen LogP contribution >= 0.6 is 0 Å². The Hall–Kier alpha value is -3.02. The van der Waals surface area contributed by atoms with Gasteiger partial charge in [0.2, 0.25) is 0 Å². The lowest BCUT2D eigenvalue weighted by Crippen LogP contribution is -2.32. The zero-order valence-electron chi connectivity index (χ0n) is 17.8. The molecule has 0 aliphatic carbocycles. The molecule has 0 amide bonds. The van der Waals surface area contributed by atoms with Crippen LogP contribution in [0.25, 0.3) is 0 Å². The summed E-state index contributed by atoms with van der Waals surface area (Å²) >= 11 is 0. The zero-order valence-corrected chi connectivity index (χ0v) is 17.8. The molecule has 5 heteroatoms. The molecule has 1 aliphatic rings. The molecule has 5 nitrogen and oxygen atoms in total. The number of fused-ring (bicyclic) bond motifs is 2. The van der Waals surface area contributed by atoms with Gasteiger partial charge in [0.05, 0.1) is 7.11 Å². The number of benzene rings is 3. The second-order valence-corrected chi connectivity index (χ2v) is 7.71. The van der Waals surface area contributed by atoms with E-state index >= 15 is 0 Å². The molecule has 0 spiro atoms. The minimum Gasteiger partial charge on any atom is -0.497 e. The highest BCUT2D eigenvalue weighted by atomic mass is 16.5. The minimum absolute atomic E-state index is 0.189. The van der Waals surface area contributed by atoms with Crippen LogP contribution in [0, 0.1) is 0 Å². The molecule has 0 saturated heterocycles. The van der Waals surface area contributed by atoms with Gasteiger partial charge in [0, 0.05) is 18.0 Å². The number of aliphatic hydroxyl groups is 1. The molecule has 31 heavy (non-hydrogen) atoms. The third-order valence-electron chi connectivity index (χ3n) is 5.58. The summed E-state index contributed by atoms with van der Waals surface area (Å²) in [7, 11) is 1.68. The van der Waals surface area contributed by atoms with Crippen molar-refractivity contribution in [2.24, 2.45) is 0 Å². The molecule has 2 atom stereocenters. The second-order valence-electron chi connectivity index (χ2n) is 7.71. The van der Waals surface area contributed by atoms with Crippen LogP contribution in [0.15, 0.2) is 72.8 Å². The van der Waals surface area contributed by atoms with Crippen LogP contribution in [-0.2, 0) is 6.61 Å². The number of hydrogen-bond acceptors (Lipinski definition) is 5. The largest absolute Gasteiger partial charge is 0.497 e. The first-order valence-corrected chi connectivity index (χ1v) is 10.7. The van der Waals surface area contributed by atoms with Gasteiger partial charge in [0.25, 0.3) is 0 Å². The first-order valence-electron chi connectivity index (χ1n) is 10.7. The summed E-state index contributed by atoms with van der Waals surface area (Å²) in [5.41, 5.74) is 3.63. The van der Waals surface area contributed by atoms with Crippen molar-refractivity contribution in [1.82, 2.24) is 5.32 Å². The van der Waals surface area contributed by atoms with E-state index < -0.39 is 6.10 Å². The fraction of sp³-hybridized carbons (Fsp3) is 0.308. The summed E-state index contributed by atoms with van der Waals surface area (Å²) in [6.45, 7) is 2.06. The van der Waals surface area contributed by atoms with E-state index in [2.05, 4.69) is 35.6 Å². The topological polar surface area (TPSA) is 60.0 Å². The zero-order chi connectivity index (χ0) is 21.5. The van der Waals surface area contributed by atoms with E-state index in [-0.39, 0.29) is 12.5 Å². The first kappa shape index (κ1) is 21.2. The number of aliphatic hydroxyl groups excluding tert-OH is 1. The van der Waals surface area contributed by atoms with Crippen LogP contribution in [0.1, 0.15) is 29.0 Å². The van der Waals surface area contributed by atoms with Gasteiger partial charge in [-0.25, -0.2) is 0 Å². The molecule has 3 aromatic rings. The van der Waals surface area contributed by atoms with Crippen molar-refractivity contribution in [3.8, 4) is 17.2 Å². The second kappa shape index (κ2) is 10.3. The van der Waals surface area contributed by atoms with Gasteiger partial charge in [0.15, 0.2) is 0 Å². The first-order chi connectivity index (χ1) is 15.2. The molecule has 1 aliphatic heterocycles. The van der Waals surface area contributed by atoms with Crippen LogP contribution in [0.5, 0.6) is 17.2 Å². The molecule has 0 aromatic heterocycles. The Morgan fingerprint density at radius 1 is 1.00 bits per heavy atom. The Labute approximate surface area is 183 Å². The maximum Gasteiger partial charge on any atom is 0.123 e. The molecule has 0 fully saturated rings. The molecule has 0 saturated carbocycles. The average molecular weight is 420 g/mol. The molecular weight excluding hydrogens is 390 g/mol. The number of para-hydroxylation sites is 1. The number of nitrogens with one attached hydrogen (secondary N) is 1. The number of hydrogen-bond donors (Lipinski definition) is 2. The molecular formula is C26H29NO4. The summed E-state index contributed by atoms with van der Waals surface area (Å²) in [4.78, 5) is 0. The van der Waals surface area contributed by atoms with Gasteiger partial charge in [-0.3, -0.25) is 0 Å². The highest BCUT2D eigenvalue weighted by molar-refractivity contribution is 5.49. The summed E-state index contributed by atoms with van der Waals surface area (Å²) in [6.07, 6.45) is 0.310. The highest BCUT2D eigenvalue weighted by Gasteiger charge is 2.25. The quantitative estimate of drug-likeness (QED) is 0.511. The van der Waals surface area contributed by atoms with Crippen molar-refractivity contribution >= 4 is 0 Å². The third kappa shape index (κ3) is 5.37. The smallest absolute Gasteiger partial charge is 0.123 e. The SMILES string of the molecule is COc1ccc2c(c1)C(CCNCC(O)COc1ccccc1)c1ccccc1CO2. The average Bonchev–Trinajstić information content (AvgIpc) is 2.97. The van der Waals surface area contributed by atoms with Crippen molar-refractivity contribution in [2.75, 3.05) is 26.8 Å². The van der Waals surface area contributed by atoms with Gasteiger partial charge >= 0.3 is 0 Å². The van der Waals surface area contributed by atoms with Crippen molar-refractivity contribution < 1.29 is 19.3 Å². The predicted molar refractivity (Wildman–Crippen MR) is 121 cm³/mol. The van der Waals surface area contributed by atoms with Crippen molar-refractivity contribution in [3.05, 3.63) is 89.5 Å². The van der Waals surface area contributed by atoms with Crippen molar-refractivity contribution in [2.45, 2.75) is 25.0 Å². The van der Waals surface area contributed by atoms with E-state index in [1.165, 1.54) is 11.1 Å². The van der Waals surface area contributed by atoms with E-state index in [0.717, 1.165) is 35.8 Å². The fourth-order valence-electron chi connectivity index (χ4n) is 3.98. The highest BCUT2D eigenvalue weighted by Crippen LogP contribution is 2.40. The summed E-state index contributed by atoms with van der Waals surface area (Å²) in [5.74, 6) is 2.68. The van der Waals surface area contributed by atoms with E-state index in [1.54, 1.807) is 7.11 Å². The number of methoxy groups -OCH3 is 1. The minimum atomic E-state index is -0.572. The van der Waals surface area contributed by atoms with Crippen LogP contribution in [0.3, 0.4) is 0 Å². The van der Waals surface area contributed by atoms with E-state index in [1.807, 2.05) is 42.5 Å². The molecule has 2 unspecified atom stereocenters. The maximum absolute atomic E-state index is 10.3. The number of ether oxygens (including phenoxy) is 3. The lowest BCUT2D eigenvalue weighted by Gasteiger charge is -2.20. The lowest BCUT2D eigenvalue weighted by molar-refractivity contribution is 0.106. The van der Waals surface area contributed by atoms with Crippen LogP contribution in [0.4, 0.5) is 0 Å². The van der Waals surface area contributed by atoms with Crippen molar-refractivity contribution in [1.29, 1.82) is 0 Å². The molecule has 0 bridgehead atoms.